The Balaban J connectivity index is 2.03. The zero-order valence-corrected chi connectivity index (χ0v) is 30.5. The number of hydrogen-bond donors (Lipinski definition) is 4. The van der Waals surface area contributed by atoms with Crippen molar-refractivity contribution >= 4 is 35.6 Å². The summed E-state index contributed by atoms with van der Waals surface area (Å²) in [5.41, 5.74) is 13.6. The van der Waals surface area contributed by atoms with Gasteiger partial charge in [0, 0.05) is 0 Å². The number of nitrogens with two attached hydrogens (primary N) is 2. The minimum absolute atomic E-state index is 0.101. The molecule has 6 N–H and O–H groups in total. The van der Waals surface area contributed by atoms with Crippen LogP contribution in [0.1, 0.15) is 77.0 Å². The molecule has 50 heavy (non-hydrogen) atoms. The van der Waals surface area contributed by atoms with Crippen LogP contribution in [0.2, 0.25) is 0 Å². The van der Waals surface area contributed by atoms with Gasteiger partial charge in [-0.25, -0.2) is 14.5 Å². The van der Waals surface area contributed by atoms with Gasteiger partial charge in [-0.2, -0.15) is 0 Å². The summed E-state index contributed by atoms with van der Waals surface area (Å²) in [5, 5.41) is 13.3. The standard InChI is InChI=1S/C39H52N4O6S/c1-27(2)33(42-34(44)31(41)23-15-16-25-40)35(45)43(37(48)49-38(3,4)5)32(36(46)47)24-26-50-39(28-17-9-6-10-18-28,29-19-11-7-12-20-29)30-21-13-8-14-22-30/h6-14,17-22,27,31-33H,15-16,23-26,40-41H2,1-5H3,(H,42,44)(H,46,47)/t31-,32-,33-/m0/s1. The van der Waals surface area contributed by atoms with E-state index in [1.807, 2.05) is 91.0 Å². The Kier molecular flexibility index (Phi) is 15.1. The molecule has 0 aliphatic carbocycles. The van der Waals surface area contributed by atoms with Gasteiger partial charge in [-0.1, -0.05) is 111 Å². The molecule has 3 aromatic carbocycles. The van der Waals surface area contributed by atoms with Crippen LogP contribution < -0.4 is 16.8 Å². The molecule has 0 spiro atoms. The van der Waals surface area contributed by atoms with E-state index in [2.05, 4.69) is 5.32 Å². The number of carboxylic acids is 1. The number of rotatable bonds is 17. The highest BCUT2D eigenvalue weighted by Crippen LogP contribution is 2.48. The van der Waals surface area contributed by atoms with Crippen LogP contribution in [-0.4, -0.2) is 69.9 Å². The molecule has 10 nitrogen and oxygen atoms in total. The van der Waals surface area contributed by atoms with Gasteiger partial charge in [-0.15, -0.1) is 11.8 Å². The van der Waals surface area contributed by atoms with Crippen molar-refractivity contribution in [1.29, 1.82) is 0 Å². The maximum Gasteiger partial charge on any atom is 0.417 e. The number of amides is 3. The van der Waals surface area contributed by atoms with Gasteiger partial charge in [-0.05, 0) is 74.9 Å². The SMILES string of the molecule is CC(C)[C@H](NC(=O)[C@@H](N)CCCCN)C(=O)N(C(=O)OC(C)(C)C)[C@@H](CCSC(c1ccccc1)(c1ccccc1)c1ccccc1)C(=O)O. The molecule has 3 atom stereocenters. The molecule has 0 radical (unpaired) electrons. The molecule has 270 valence electrons. The van der Waals surface area contributed by atoms with Crippen LogP contribution in [0.3, 0.4) is 0 Å². The Bertz CT molecular complexity index is 1440. The number of carbonyl (C=O) groups is 4. The molecule has 0 saturated carbocycles. The zero-order chi connectivity index (χ0) is 36.9. The largest absolute Gasteiger partial charge is 0.480 e. The monoisotopic (exact) mass is 704 g/mol. The average molecular weight is 705 g/mol. The molecule has 0 bridgehead atoms. The van der Waals surface area contributed by atoms with Crippen LogP contribution in [0.4, 0.5) is 4.79 Å². The lowest BCUT2D eigenvalue weighted by atomic mass is 9.84. The molecule has 0 aliphatic rings. The summed E-state index contributed by atoms with van der Waals surface area (Å²) < 4.78 is 4.85. The summed E-state index contributed by atoms with van der Waals surface area (Å²) in [5.74, 6) is -3.10. The number of imide groups is 1. The number of nitrogens with zero attached hydrogens (tertiary/aromatic N) is 1. The van der Waals surface area contributed by atoms with E-state index in [-0.39, 0.29) is 12.2 Å². The third-order valence-electron chi connectivity index (χ3n) is 8.21. The quantitative estimate of drug-likeness (QED) is 0.0987. The smallest absolute Gasteiger partial charge is 0.417 e. The number of thioether (sulfide) groups is 1. The lowest BCUT2D eigenvalue weighted by Crippen LogP contribution is -2.60. The minimum Gasteiger partial charge on any atom is -0.480 e. The number of carboxylic acid groups (broad SMARTS) is 1. The molecule has 0 saturated heterocycles. The molecule has 0 heterocycles. The van der Waals surface area contributed by atoms with Gasteiger partial charge in [-0.3, -0.25) is 9.59 Å². The summed E-state index contributed by atoms with van der Waals surface area (Å²) >= 11 is 1.52. The van der Waals surface area contributed by atoms with Gasteiger partial charge >= 0.3 is 12.1 Å². The fourth-order valence-electron chi connectivity index (χ4n) is 5.70. The third kappa shape index (κ3) is 10.7. The van der Waals surface area contributed by atoms with E-state index in [9.17, 15) is 24.3 Å². The molecule has 11 heteroatoms. The molecule has 3 aromatic rings. The summed E-state index contributed by atoms with van der Waals surface area (Å²) in [6.45, 7) is 8.77. The number of benzene rings is 3. The zero-order valence-electron chi connectivity index (χ0n) is 29.7. The second-order valence-corrected chi connectivity index (χ2v) is 14.9. The first-order valence-electron chi connectivity index (χ1n) is 17.1. The molecular formula is C39H52N4O6S. The summed E-state index contributed by atoms with van der Waals surface area (Å²) in [6, 6.07) is 26.1. The molecular weight excluding hydrogens is 653 g/mol. The van der Waals surface area contributed by atoms with Crippen molar-refractivity contribution in [3.05, 3.63) is 108 Å². The first-order chi connectivity index (χ1) is 23.7. The highest BCUT2D eigenvalue weighted by Gasteiger charge is 2.43. The molecule has 0 aromatic heterocycles. The first kappa shape index (κ1) is 40.2. The molecule has 0 aliphatic heterocycles. The fourth-order valence-corrected chi connectivity index (χ4v) is 7.26. The van der Waals surface area contributed by atoms with Gasteiger partial charge in [0.15, 0.2) is 0 Å². The lowest BCUT2D eigenvalue weighted by Gasteiger charge is -2.37. The number of aliphatic carboxylic acids is 1. The van der Waals surface area contributed by atoms with E-state index < -0.39 is 58.3 Å². The highest BCUT2D eigenvalue weighted by atomic mass is 32.2. The van der Waals surface area contributed by atoms with Crippen molar-refractivity contribution in [3.63, 3.8) is 0 Å². The topological polar surface area (TPSA) is 165 Å². The summed E-state index contributed by atoms with van der Waals surface area (Å²) in [4.78, 5) is 54.8. The van der Waals surface area contributed by atoms with Crippen LogP contribution >= 0.6 is 11.8 Å². The van der Waals surface area contributed by atoms with E-state index >= 15 is 0 Å². The van der Waals surface area contributed by atoms with Gasteiger partial charge < -0.3 is 26.6 Å². The van der Waals surface area contributed by atoms with Crippen molar-refractivity contribution in [3.8, 4) is 0 Å². The Hall–Kier alpha value is -4.19. The maximum absolute atomic E-state index is 14.3. The van der Waals surface area contributed by atoms with E-state index in [1.165, 1.54) is 11.8 Å². The van der Waals surface area contributed by atoms with Crippen molar-refractivity contribution in [2.45, 2.75) is 88.8 Å². The molecule has 0 unspecified atom stereocenters. The second kappa shape index (κ2) is 18.7. The van der Waals surface area contributed by atoms with E-state index in [4.69, 9.17) is 16.2 Å². The van der Waals surface area contributed by atoms with Crippen LogP contribution in [-0.2, 0) is 23.9 Å². The number of unbranched alkanes of at least 4 members (excludes halogenated alkanes) is 1. The van der Waals surface area contributed by atoms with E-state index in [0.29, 0.717) is 30.7 Å². The van der Waals surface area contributed by atoms with Gasteiger partial charge in [0.05, 0.1) is 10.8 Å². The first-order valence-corrected chi connectivity index (χ1v) is 18.1. The van der Waals surface area contributed by atoms with Crippen LogP contribution in [0, 0.1) is 5.92 Å². The molecule has 3 rings (SSSR count). The predicted molar refractivity (Wildman–Crippen MR) is 198 cm³/mol. The van der Waals surface area contributed by atoms with Gasteiger partial charge in [0.2, 0.25) is 5.91 Å². The normalized spacial score (nSPS) is 13.6. The minimum atomic E-state index is -1.60. The van der Waals surface area contributed by atoms with Crippen LogP contribution in [0.15, 0.2) is 91.0 Å². The number of ether oxygens (including phenoxy) is 1. The van der Waals surface area contributed by atoms with Gasteiger partial charge in [0.25, 0.3) is 5.91 Å². The van der Waals surface area contributed by atoms with E-state index in [1.54, 1.807) is 34.6 Å². The number of nitrogens with one attached hydrogen (secondary N) is 1. The Morgan fingerprint density at radius 2 is 1.30 bits per heavy atom. The molecule has 3 amide bonds. The Morgan fingerprint density at radius 1 is 0.820 bits per heavy atom. The van der Waals surface area contributed by atoms with Crippen molar-refractivity contribution < 1.29 is 29.0 Å². The van der Waals surface area contributed by atoms with Gasteiger partial charge in [0.1, 0.15) is 17.7 Å². The third-order valence-corrected chi connectivity index (χ3v) is 9.79. The Labute approximate surface area is 300 Å². The van der Waals surface area contributed by atoms with Crippen LogP contribution in [0.25, 0.3) is 0 Å². The fraction of sp³-hybridized carbons (Fsp3) is 0.436. The number of carbonyl (C=O) groups excluding carboxylic acids is 3. The van der Waals surface area contributed by atoms with Crippen molar-refractivity contribution in [1.82, 2.24) is 10.2 Å². The molecule has 0 fully saturated rings. The van der Waals surface area contributed by atoms with E-state index in [0.717, 1.165) is 16.7 Å². The summed E-state index contributed by atoms with van der Waals surface area (Å²) in [6.07, 6.45) is 0.477. The van der Waals surface area contributed by atoms with Crippen molar-refractivity contribution in [2.75, 3.05) is 12.3 Å². The maximum atomic E-state index is 14.3. The van der Waals surface area contributed by atoms with Crippen LogP contribution in [0.5, 0.6) is 0 Å². The second-order valence-electron chi connectivity index (χ2n) is 13.6. The predicted octanol–water partition coefficient (Wildman–Crippen LogP) is 5.92. The Morgan fingerprint density at radius 3 is 1.70 bits per heavy atom. The number of hydrogen-bond acceptors (Lipinski definition) is 8. The summed E-state index contributed by atoms with van der Waals surface area (Å²) in [7, 11) is 0. The highest BCUT2D eigenvalue weighted by molar-refractivity contribution is 8.00. The van der Waals surface area contributed by atoms with Crippen molar-refractivity contribution in [2.24, 2.45) is 17.4 Å². The average Bonchev–Trinajstić information content (AvgIpc) is 3.08. The lowest BCUT2D eigenvalue weighted by molar-refractivity contribution is -0.151.